The van der Waals surface area contributed by atoms with Crippen molar-refractivity contribution in [2.45, 2.75) is 90.3 Å². The van der Waals surface area contributed by atoms with E-state index in [1.165, 1.54) is 28.7 Å². The van der Waals surface area contributed by atoms with E-state index in [1.54, 1.807) is 47.7 Å². The topological polar surface area (TPSA) is 36.9 Å². The molecule has 2 radical (unpaired) electrons. The Kier molecular flexibility index (Phi) is 11.5. The van der Waals surface area contributed by atoms with Crippen LogP contribution in [0.2, 0.25) is 6.32 Å². The fourth-order valence-corrected chi connectivity index (χ4v) is 11.6. The van der Waals surface area contributed by atoms with Gasteiger partial charge in [-0.15, -0.1) is 0 Å². The van der Waals surface area contributed by atoms with Crippen LogP contribution in [-0.2, 0) is 0 Å². The number of allylic oxidation sites excluding steroid dienone is 6. The summed E-state index contributed by atoms with van der Waals surface area (Å²) in [4.78, 5) is 0. The summed E-state index contributed by atoms with van der Waals surface area (Å²) >= 11 is 0. The molecule has 0 saturated carbocycles. The molecule has 57 heavy (non-hydrogen) atoms. The fourth-order valence-electron chi connectivity index (χ4n) is 11.6. The molecular formula is C52H59BO4. The summed E-state index contributed by atoms with van der Waals surface area (Å²) in [6, 6.07) is 36.0. The molecule has 8 unspecified atom stereocenters. The van der Waals surface area contributed by atoms with Crippen molar-refractivity contribution in [3.8, 4) is 23.0 Å². The van der Waals surface area contributed by atoms with Crippen molar-refractivity contribution in [3.63, 3.8) is 0 Å². The second-order valence-corrected chi connectivity index (χ2v) is 16.7. The van der Waals surface area contributed by atoms with Crippen LogP contribution in [0.1, 0.15) is 106 Å². The van der Waals surface area contributed by atoms with E-state index in [-0.39, 0.29) is 23.7 Å². The van der Waals surface area contributed by atoms with Crippen molar-refractivity contribution >= 4 is 7.85 Å². The van der Waals surface area contributed by atoms with Crippen LogP contribution in [0, 0.1) is 23.7 Å². The molecule has 0 bridgehead atoms. The number of rotatable bonds is 11. The van der Waals surface area contributed by atoms with Gasteiger partial charge in [-0.05, 0) is 140 Å². The van der Waals surface area contributed by atoms with Crippen LogP contribution in [0.4, 0.5) is 0 Å². The van der Waals surface area contributed by atoms with E-state index in [0.29, 0.717) is 43.2 Å². The lowest BCUT2D eigenvalue weighted by atomic mass is 9.50. The van der Waals surface area contributed by atoms with Gasteiger partial charge < -0.3 is 18.9 Å². The van der Waals surface area contributed by atoms with Gasteiger partial charge in [0.1, 0.15) is 23.0 Å². The predicted octanol–water partition coefficient (Wildman–Crippen LogP) is 12.6. The minimum atomic E-state index is 0.0739. The first kappa shape index (κ1) is 39.2. The van der Waals surface area contributed by atoms with Crippen molar-refractivity contribution in [1.29, 1.82) is 0 Å². The Morgan fingerprint density at radius 1 is 0.456 bits per heavy atom. The Balaban J connectivity index is 1.41. The first-order valence-electron chi connectivity index (χ1n) is 21.5. The Morgan fingerprint density at radius 3 is 1.30 bits per heavy atom. The lowest BCUT2D eigenvalue weighted by Gasteiger charge is -2.54. The van der Waals surface area contributed by atoms with Gasteiger partial charge in [-0.25, -0.2) is 0 Å². The van der Waals surface area contributed by atoms with E-state index in [2.05, 4.69) is 125 Å². The van der Waals surface area contributed by atoms with E-state index in [4.69, 9.17) is 26.8 Å². The van der Waals surface area contributed by atoms with Crippen molar-refractivity contribution in [2.24, 2.45) is 23.7 Å². The summed E-state index contributed by atoms with van der Waals surface area (Å²) in [6.07, 6.45) is 5.12. The first-order valence-corrected chi connectivity index (χ1v) is 21.5. The van der Waals surface area contributed by atoms with Crippen molar-refractivity contribution < 1.29 is 18.9 Å². The van der Waals surface area contributed by atoms with Gasteiger partial charge >= 0.3 is 0 Å². The number of benzene rings is 4. The van der Waals surface area contributed by atoms with Crippen LogP contribution in [-0.4, -0.2) is 35.3 Å². The zero-order valence-electron chi connectivity index (χ0n) is 35.0. The van der Waals surface area contributed by atoms with Gasteiger partial charge in [0.15, 0.2) is 0 Å². The highest BCUT2D eigenvalue weighted by molar-refractivity contribution is 6.08. The molecule has 0 N–H and O–H groups in total. The molecule has 4 aromatic rings. The third-order valence-electron chi connectivity index (χ3n) is 13.9. The van der Waals surface area contributed by atoms with Crippen LogP contribution in [0.25, 0.3) is 0 Å². The monoisotopic (exact) mass is 758 g/mol. The molecular weight excluding hydrogens is 699 g/mol. The van der Waals surface area contributed by atoms with Gasteiger partial charge in [-0.3, -0.25) is 0 Å². The quantitative estimate of drug-likeness (QED) is 0.113. The molecule has 8 atom stereocenters. The first-order chi connectivity index (χ1) is 27.8. The Bertz CT molecular complexity index is 2130. The molecule has 0 spiro atoms. The summed E-state index contributed by atoms with van der Waals surface area (Å²) in [5, 5.41) is 0. The zero-order valence-corrected chi connectivity index (χ0v) is 35.0. The van der Waals surface area contributed by atoms with Crippen molar-refractivity contribution in [1.82, 2.24) is 0 Å². The average molecular weight is 759 g/mol. The molecule has 4 aliphatic rings. The highest BCUT2D eigenvalue weighted by Gasteiger charge is 2.51. The molecule has 4 aromatic carbocycles. The number of hydrogen-bond acceptors (Lipinski definition) is 4. The Morgan fingerprint density at radius 2 is 0.860 bits per heavy atom. The summed E-state index contributed by atoms with van der Waals surface area (Å²) in [5.41, 5.74) is 15.0. The van der Waals surface area contributed by atoms with E-state index in [1.807, 2.05) is 6.92 Å². The predicted molar refractivity (Wildman–Crippen MR) is 233 cm³/mol. The molecule has 0 fully saturated rings. The van der Waals surface area contributed by atoms with E-state index in [0.717, 1.165) is 42.3 Å². The van der Waals surface area contributed by atoms with Crippen molar-refractivity contribution in [3.05, 3.63) is 153 Å². The van der Waals surface area contributed by atoms with E-state index < -0.39 is 0 Å². The third-order valence-corrected chi connectivity index (χ3v) is 13.9. The van der Waals surface area contributed by atoms with Crippen LogP contribution in [0.3, 0.4) is 0 Å². The molecule has 8 rings (SSSR count). The highest BCUT2D eigenvalue weighted by atomic mass is 16.5. The van der Waals surface area contributed by atoms with Crippen LogP contribution < -0.4 is 18.9 Å². The van der Waals surface area contributed by atoms with Gasteiger partial charge in [0, 0.05) is 23.7 Å². The lowest BCUT2D eigenvalue weighted by molar-refractivity contribution is 0.340. The van der Waals surface area contributed by atoms with Gasteiger partial charge in [-0.1, -0.05) is 103 Å². The van der Waals surface area contributed by atoms with Crippen molar-refractivity contribution in [2.75, 3.05) is 27.4 Å². The maximum Gasteiger partial charge on any atom is 0.119 e. The van der Waals surface area contributed by atoms with Crippen LogP contribution >= 0.6 is 0 Å². The maximum absolute atomic E-state index is 6.81. The molecule has 5 heteroatoms. The molecule has 0 heterocycles. The van der Waals surface area contributed by atoms with Gasteiger partial charge in [-0.2, -0.15) is 0 Å². The smallest absolute Gasteiger partial charge is 0.119 e. The molecule has 0 aromatic heterocycles. The Labute approximate surface area is 342 Å². The lowest BCUT2D eigenvalue weighted by Crippen LogP contribution is -2.39. The third kappa shape index (κ3) is 7.04. The zero-order chi connectivity index (χ0) is 39.8. The molecule has 0 amide bonds. The SMILES string of the molecule is [B]CC1CCC(c2ccc(OCC)cc2)C2=C1C(C)C1=C(C(c3ccc(OCC)cc3)C3=C(C(C)CCC3c3ccc(OC)cc3)C1C)C2c1ccc(OC)cc1. The highest BCUT2D eigenvalue weighted by Crippen LogP contribution is 2.66. The average Bonchev–Trinajstić information content (AvgIpc) is 3.24. The minimum absolute atomic E-state index is 0.0739. The second-order valence-electron chi connectivity index (χ2n) is 16.7. The van der Waals surface area contributed by atoms with Gasteiger partial charge in [0.25, 0.3) is 0 Å². The summed E-state index contributed by atoms with van der Waals surface area (Å²) in [6.45, 7) is 12.9. The van der Waals surface area contributed by atoms with E-state index >= 15 is 0 Å². The van der Waals surface area contributed by atoms with Gasteiger partial charge in [0.2, 0.25) is 0 Å². The number of ether oxygens (including phenoxy) is 4. The summed E-state index contributed by atoms with van der Waals surface area (Å²) < 4.78 is 23.4. The number of hydrogen-bond donors (Lipinski definition) is 0. The fraction of sp³-hybridized carbons (Fsp3) is 0.423. The molecule has 4 aliphatic carbocycles. The molecule has 0 aliphatic heterocycles. The van der Waals surface area contributed by atoms with Gasteiger partial charge in [0.05, 0.1) is 35.3 Å². The van der Waals surface area contributed by atoms with Crippen LogP contribution in [0.5, 0.6) is 23.0 Å². The largest absolute Gasteiger partial charge is 0.497 e. The normalized spacial score (nSPS) is 27.0. The molecule has 294 valence electrons. The molecule has 4 nitrogen and oxygen atoms in total. The second kappa shape index (κ2) is 16.7. The number of methoxy groups -OCH3 is 2. The standard InChI is InChI=1S/C52H59BO4/c1-8-56-41-24-13-35(14-25-41)44-29-19-38(30-53)47-33(5)46-32(4)45-31(3)10-28-43(34-11-20-39(54-6)21-12-34)50(45)48(37-17-26-42(27-18-37)57-9-2)52(46)49(51(44)47)36-15-22-40(55-7)23-16-36/h11-18,20-27,31-33,38,43-44,48-49H,8-10,19,28-30H2,1-7H3. The molecule has 0 saturated heterocycles. The maximum atomic E-state index is 6.81. The summed E-state index contributed by atoms with van der Waals surface area (Å²) in [5.74, 6) is 5.74. The minimum Gasteiger partial charge on any atom is -0.497 e. The summed E-state index contributed by atoms with van der Waals surface area (Å²) in [7, 11) is 10.3. The van der Waals surface area contributed by atoms with Crippen LogP contribution in [0.15, 0.2) is 131 Å². The Hall–Kier alpha value is -4.64. The van der Waals surface area contributed by atoms with E-state index in [9.17, 15) is 0 Å².